The van der Waals surface area contributed by atoms with Gasteiger partial charge in [0.25, 0.3) is 5.91 Å². The molecule has 2 heterocycles. The molecule has 6 heteroatoms. The molecule has 1 aromatic rings. The van der Waals surface area contributed by atoms with Gasteiger partial charge in [-0.2, -0.15) is 0 Å². The fourth-order valence-electron chi connectivity index (χ4n) is 3.44. The lowest BCUT2D eigenvalue weighted by Crippen LogP contribution is -2.39. The van der Waals surface area contributed by atoms with Crippen LogP contribution in [0.1, 0.15) is 25.3 Å². The first-order valence-corrected chi connectivity index (χ1v) is 11.0. The van der Waals surface area contributed by atoms with E-state index in [0.717, 1.165) is 18.6 Å². The Hall–Kier alpha value is -1.95. The molecule has 3 rings (SSSR count). The quantitative estimate of drug-likeness (QED) is 0.742. The van der Waals surface area contributed by atoms with Gasteiger partial charge >= 0.3 is 0 Å². The Morgan fingerprint density at radius 3 is 2.65 bits per heavy atom. The Morgan fingerprint density at radius 1 is 1.35 bits per heavy atom. The zero-order chi connectivity index (χ0) is 18.7. The highest BCUT2D eigenvalue weighted by atomic mass is 32.2. The second-order valence-corrected chi connectivity index (χ2v) is 9.97. The van der Waals surface area contributed by atoms with E-state index >= 15 is 0 Å². The number of carbonyl (C=O) groups is 1. The van der Waals surface area contributed by atoms with Crippen LogP contribution < -0.4 is 0 Å². The number of halogens is 1. The van der Waals surface area contributed by atoms with E-state index in [4.69, 9.17) is 0 Å². The van der Waals surface area contributed by atoms with E-state index in [1.165, 1.54) is 6.07 Å². The average Bonchev–Trinajstić information content (AvgIpc) is 3.03. The molecule has 1 saturated heterocycles. The highest BCUT2D eigenvalue weighted by molar-refractivity contribution is 8.00. The molecule has 0 aliphatic carbocycles. The van der Waals surface area contributed by atoms with Gasteiger partial charge in [0.2, 0.25) is 0 Å². The van der Waals surface area contributed by atoms with Crippen molar-refractivity contribution in [3.05, 3.63) is 47.3 Å². The van der Waals surface area contributed by atoms with Crippen molar-refractivity contribution in [1.29, 1.82) is 0 Å². The summed E-state index contributed by atoms with van der Waals surface area (Å²) >= 11 is 0. The smallest absolute Gasteiger partial charge is 0.252 e. The van der Waals surface area contributed by atoms with Gasteiger partial charge in [0.05, 0.1) is 6.54 Å². The van der Waals surface area contributed by atoms with Crippen LogP contribution in [0.3, 0.4) is 0 Å². The van der Waals surface area contributed by atoms with Gasteiger partial charge < -0.3 is 4.90 Å². The highest BCUT2D eigenvalue weighted by Gasteiger charge is 2.27. The van der Waals surface area contributed by atoms with E-state index in [1.807, 2.05) is 6.92 Å². The molecule has 0 N–H and O–H groups in total. The normalized spacial score (nSPS) is 25.5. The third-order valence-corrected chi connectivity index (χ3v) is 7.00. The van der Waals surface area contributed by atoms with Crippen LogP contribution in [-0.4, -0.2) is 51.2 Å². The largest absolute Gasteiger partial charge is 0.334 e. The molecule has 0 atom stereocenters. The van der Waals surface area contributed by atoms with E-state index < -0.39 is 9.52 Å². The van der Waals surface area contributed by atoms with Crippen LogP contribution in [0.4, 0.5) is 4.39 Å². The minimum absolute atomic E-state index is 0.0882. The lowest BCUT2D eigenvalue weighted by atomic mass is 10.0. The summed E-state index contributed by atoms with van der Waals surface area (Å²) in [5.74, 6) is 4.88. The maximum absolute atomic E-state index is 14.1. The van der Waals surface area contributed by atoms with Crippen molar-refractivity contribution in [3.63, 3.8) is 0 Å². The number of allylic oxidation sites excluding steroid dienone is 1. The molecule has 1 aromatic carbocycles. The van der Waals surface area contributed by atoms with Crippen molar-refractivity contribution in [2.24, 2.45) is 10.9 Å². The second-order valence-electron chi connectivity index (χ2n) is 7.22. The van der Waals surface area contributed by atoms with Crippen LogP contribution >= 0.6 is 0 Å². The first-order valence-electron chi connectivity index (χ1n) is 8.91. The number of amides is 1. The van der Waals surface area contributed by atoms with Crippen LogP contribution in [0.15, 0.2) is 40.9 Å². The molecule has 4 nitrogen and oxygen atoms in total. The maximum Gasteiger partial charge on any atom is 0.252 e. The minimum Gasteiger partial charge on any atom is -0.334 e. The summed E-state index contributed by atoms with van der Waals surface area (Å²) in [6, 6.07) is 6.55. The first-order chi connectivity index (χ1) is 12.3. The summed E-state index contributed by atoms with van der Waals surface area (Å²) in [5.41, 5.74) is 2.00. The Bertz CT molecular complexity index is 844. The first kappa shape index (κ1) is 18.8. The molecule has 2 aliphatic rings. The fraction of sp³-hybridized carbons (Fsp3) is 0.450. The van der Waals surface area contributed by atoms with Crippen LogP contribution in [-0.2, 0) is 20.9 Å². The number of aliphatic imine (C=N–C) groups is 1. The summed E-state index contributed by atoms with van der Waals surface area (Å²) in [5, 5.41) is 0. The van der Waals surface area contributed by atoms with Crippen LogP contribution in [0.2, 0.25) is 0 Å². The monoisotopic (exact) mass is 376 g/mol. The summed E-state index contributed by atoms with van der Waals surface area (Å²) < 4.78 is 26.2. The molecule has 2 aliphatic heterocycles. The lowest BCUT2D eigenvalue weighted by molar-refractivity contribution is -0.128. The molecule has 0 bridgehead atoms. The molecule has 140 valence electrons. The molecule has 0 radical (unpaired) electrons. The third-order valence-electron chi connectivity index (χ3n) is 5.04. The van der Waals surface area contributed by atoms with Gasteiger partial charge in [0.15, 0.2) is 0 Å². The molecule has 0 saturated carbocycles. The van der Waals surface area contributed by atoms with Crippen LogP contribution in [0, 0.1) is 11.7 Å². The Morgan fingerprint density at radius 2 is 2.04 bits per heavy atom. The van der Waals surface area contributed by atoms with E-state index in [9.17, 15) is 13.4 Å². The molecule has 1 fully saturated rings. The topological polar surface area (TPSA) is 49.7 Å². The maximum atomic E-state index is 14.1. The highest BCUT2D eigenvalue weighted by Crippen LogP contribution is 2.23. The van der Waals surface area contributed by atoms with Crippen molar-refractivity contribution < 1.29 is 13.4 Å². The molecule has 0 aromatic heterocycles. The van der Waals surface area contributed by atoms with Crippen molar-refractivity contribution in [2.75, 3.05) is 24.6 Å². The molecular weight excluding hydrogens is 351 g/mol. The van der Waals surface area contributed by atoms with E-state index in [-0.39, 0.29) is 24.2 Å². The molecule has 0 unspecified atom stereocenters. The number of hydrogen-bond donors (Lipinski definition) is 0. The van der Waals surface area contributed by atoms with E-state index in [0.29, 0.717) is 35.7 Å². The Labute approximate surface area is 154 Å². The number of hydrogen-bond acceptors (Lipinski definition) is 3. The standard InChI is InChI=1S/C20H25FN2O2S/c1-15-11-18(12-22-15)20(24)23(14-17-5-3-4-6-19(17)21)13-16-7-9-26(2,25)10-8-16/h3-6,11,16H,2,7-10,12-14H2,1H3. The lowest BCUT2D eigenvalue weighted by Gasteiger charge is -2.31. The van der Waals surface area contributed by atoms with Crippen LogP contribution in [0.25, 0.3) is 0 Å². The van der Waals surface area contributed by atoms with Gasteiger partial charge in [0.1, 0.15) is 5.82 Å². The second kappa shape index (κ2) is 7.74. The summed E-state index contributed by atoms with van der Waals surface area (Å²) in [4.78, 5) is 19.0. The average molecular weight is 376 g/mol. The molecular formula is C20H25FN2O2S. The number of benzene rings is 1. The van der Waals surface area contributed by atoms with Crippen molar-refractivity contribution in [1.82, 2.24) is 4.90 Å². The van der Waals surface area contributed by atoms with Gasteiger partial charge in [-0.1, -0.05) is 18.2 Å². The van der Waals surface area contributed by atoms with Gasteiger partial charge in [-0.25, -0.2) is 4.39 Å². The predicted octanol–water partition coefficient (Wildman–Crippen LogP) is 2.68. The minimum atomic E-state index is -1.95. The van der Waals surface area contributed by atoms with E-state index in [2.05, 4.69) is 10.9 Å². The molecule has 1 amide bonds. The fourth-order valence-corrected chi connectivity index (χ4v) is 5.17. The zero-order valence-corrected chi connectivity index (χ0v) is 15.9. The summed E-state index contributed by atoms with van der Waals surface area (Å²) in [6.45, 7) is 3.03. The van der Waals surface area contributed by atoms with Crippen molar-refractivity contribution in [3.8, 4) is 0 Å². The number of rotatable bonds is 5. The molecule has 0 spiro atoms. The summed E-state index contributed by atoms with van der Waals surface area (Å²) in [7, 11) is -1.95. The van der Waals surface area contributed by atoms with Gasteiger partial charge in [-0.05, 0) is 53.2 Å². The zero-order valence-electron chi connectivity index (χ0n) is 15.1. The Balaban J connectivity index is 1.76. The van der Waals surface area contributed by atoms with Crippen LogP contribution in [0.5, 0.6) is 0 Å². The SMILES string of the molecule is C=S1(=O)CCC(CN(Cc2ccccc2F)C(=O)C2=CC(C)=NC2)CC1. The summed E-state index contributed by atoms with van der Waals surface area (Å²) in [6.07, 6.45) is 3.39. The van der Waals surface area contributed by atoms with Gasteiger partial charge in [-0.3, -0.25) is 14.0 Å². The number of carbonyl (C=O) groups excluding carboxylic acids is 1. The van der Waals surface area contributed by atoms with Crippen molar-refractivity contribution in [2.45, 2.75) is 26.3 Å². The van der Waals surface area contributed by atoms with Gasteiger partial charge in [-0.15, -0.1) is 0 Å². The van der Waals surface area contributed by atoms with Crippen molar-refractivity contribution >= 4 is 27.0 Å². The Kier molecular flexibility index (Phi) is 5.61. The molecule has 26 heavy (non-hydrogen) atoms. The van der Waals surface area contributed by atoms with E-state index in [1.54, 1.807) is 29.2 Å². The predicted molar refractivity (Wildman–Crippen MR) is 106 cm³/mol. The third kappa shape index (κ3) is 4.61. The number of nitrogens with zero attached hydrogens (tertiary/aromatic N) is 2. The van der Waals surface area contributed by atoms with Gasteiger partial charge in [0, 0.05) is 41.4 Å².